The van der Waals surface area contributed by atoms with Crippen LogP contribution < -0.4 is 0 Å². The maximum atomic E-state index is 6.23. The van der Waals surface area contributed by atoms with E-state index in [4.69, 9.17) is 42.6 Å². The van der Waals surface area contributed by atoms with E-state index >= 15 is 0 Å². The second-order valence-electron chi connectivity index (χ2n) is 8.63. The van der Waals surface area contributed by atoms with Crippen LogP contribution in [0.2, 0.25) is 0 Å². The zero-order chi connectivity index (χ0) is 20.8. The molecule has 0 aromatic heterocycles. The predicted octanol–water partition coefficient (Wildman–Crippen LogP) is 1.34. The quantitative estimate of drug-likeness (QED) is 0.544. The number of ether oxygens (including phenoxy) is 9. The first-order valence-corrected chi connectivity index (χ1v) is 10.1. The molecule has 0 saturated carbocycles. The van der Waals surface area contributed by atoms with Crippen molar-refractivity contribution < 1.29 is 42.6 Å². The van der Waals surface area contributed by atoms with Gasteiger partial charge in [-0.2, -0.15) is 0 Å². The number of hydrogen-bond donors (Lipinski definition) is 0. The van der Waals surface area contributed by atoms with Gasteiger partial charge in [-0.25, -0.2) is 0 Å². The van der Waals surface area contributed by atoms with E-state index in [9.17, 15) is 0 Å². The monoisotopic (exact) mass is 416 g/mol. The van der Waals surface area contributed by atoms with Crippen LogP contribution in [0.5, 0.6) is 0 Å². The minimum atomic E-state index is -0.723. The molecule has 0 N–H and O–H groups in total. The van der Waals surface area contributed by atoms with E-state index in [-0.39, 0.29) is 43.2 Å². The van der Waals surface area contributed by atoms with Gasteiger partial charge in [0.25, 0.3) is 0 Å². The molecule has 0 bridgehead atoms. The maximum Gasteiger partial charge on any atom is 0.190 e. The van der Waals surface area contributed by atoms with Crippen LogP contribution in [-0.2, 0) is 42.6 Å². The highest BCUT2D eigenvalue weighted by atomic mass is 16.9. The molecule has 0 aromatic rings. The molecule has 0 amide bonds. The summed E-state index contributed by atoms with van der Waals surface area (Å²) >= 11 is 0. The van der Waals surface area contributed by atoms with Gasteiger partial charge in [-0.3, -0.25) is 0 Å². The van der Waals surface area contributed by atoms with Gasteiger partial charge >= 0.3 is 0 Å². The van der Waals surface area contributed by atoms with Gasteiger partial charge in [0, 0.05) is 7.11 Å². The molecular formula is C20H32O9. The minimum absolute atomic E-state index is 0.267. The van der Waals surface area contributed by atoms with Crippen LogP contribution >= 0.6 is 0 Å². The Bertz CT molecular complexity index is 595. The summed E-state index contributed by atoms with van der Waals surface area (Å²) in [5.41, 5.74) is 0. The highest BCUT2D eigenvalue weighted by Gasteiger charge is 2.58. The second kappa shape index (κ2) is 8.14. The fourth-order valence-corrected chi connectivity index (χ4v) is 4.31. The van der Waals surface area contributed by atoms with Crippen LogP contribution in [0.3, 0.4) is 0 Å². The van der Waals surface area contributed by atoms with Gasteiger partial charge < -0.3 is 42.6 Å². The van der Waals surface area contributed by atoms with Crippen molar-refractivity contribution in [1.29, 1.82) is 0 Å². The average molecular weight is 416 g/mol. The van der Waals surface area contributed by atoms with E-state index in [2.05, 4.69) is 6.58 Å². The molecule has 4 aliphatic heterocycles. The van der Waals surface area contributed by atoms with Gasteiger partial charge in [-0.15, -0.1) is 6.58 Å². The number of methoxy groups -OCH3 is 1. The van der Waals surface area contributed by atoms with Crippen molar-refractivity contribution in [2.24, 2.45) is 0 Å². The third-order valence-corrected chi connectivity index (χ3v) is 5.36. The maximum absolute atomic E-state index is 6.23. The predicted molar refractivity (Wildman–Crippen MR) is 98.9 cm³/mol. The summed E-state index contributed by atoms with van der Waals surface area (Å²) in [6.07, 6.45) is -1.32. The first-order chi connectivity index (χ1) is 13.7. The van der Waals surface area contributed by atoms with Crippen LogP contribution in [0, 0.1) is 0 Å². The smallest absolute Gasteiger partial charge is 0.190 e. The van der Waals surface area contributed by atoms with Crippen molar-refractivity contribution in [2.75, 3.05) is 26.9 Å². The zero-order valence-corrected chi connectivity index (χ0v) is 17.7. The summed E-state index contributed by atoms with van der Waals surface area (Å²) in [6, 6.07) is 0. The molecule has 8 atom stereocenters. The highest BCUT2D eigenvalue weighted by Crippen LogP contribution is 2.41. The van der Waals surface area contributed by atoms with Crippen molar-refractivity contribution in [3.63, 3.8) is 0 Å². The van der Waals surface area contributed by atoms with Gasteiger partial charge in [-0.05, 0) is 27.7 Å². The first-order valence-electron chi connectivity index (χ1n) is 10.1. The van der Waals surface area contributed by atoms with Gasteiger partial charge in [0.1, 0.15) is 36.6 Å². The van der Waals surface area contributed by atoms with Crippen molar-refractivity contribution in [1.82, 2.24) is 0 Å². The molecule has 4 fully saturated rings. The molecule has 4 saturated heterocycles. The van der Waals surface area contributed by atoms with Gasteiger partial charge in [0.15, 0.2) is 24.2 Å². The SMILES string of the molecule is C=CCO[C@@H]1[C@H]2OC(C)(C)O[C@H]2O[C@@H]1CO[C@@H]1[C@H]2OC(C)(C)O[C@H]2O[C@@H]1COC. The van der Waals surface area contributed by atoms with Crippen molar-refractivity contribution >= 4 is 0 Å². The fraction of sp³-hybridized carbons (Fsp3) is 0.900. The number of hydrogen-bond acceptors (Lipinski definition) is 9. The molecule has 0 unspecified atom stereocenters. The average Bonchev–Trinajstić information content (AvgIpc) is 3.27. The molecule has 4 heterocycles. The Morgan fingerprint density at radius 2 is 1.31 bits per heavy atom. The third kappa shape index (κ3) is 4.39. The van der Waals surface area contributed by atoms with E-state index in [1.54, 1.807) is 13.2 Å². The lowest BCUT2D eigenvalue weighted by Crippen LogP contribution is -2.43. The lowest BCUT2D eigenvalue weighted by atomic mass is 10.1. The molecule has 4 aliphatic rings. The van der Waals surface area contributed by atoms with Crippen LogP contribution in [0.25, 0.3) is 0 Å². The van der Waals surface area contributed by atoms with E-state index in [1.165, 1.54) is 0 Å². The highest BCUT2D eigenvalue weighted by molar-refractivity contribution is 4.97. The lowest BCUT2D eigenvalue weighted by molar-refractivity contribution is -0.236. The van der Waals surface area contributed by atoms with E-state index < -0.39 is 24.2 Å². The van der Waals surface area contributed by atoms with Crippen molar-refractivity contribution in [2.45, 2.75) is 88.5 Å². The molecule has 29 heavy (non-hydrogen) atoms. The Labute approximate surface area is 171 Å². The molecule has 0 radical (unpaired) electrons. The van der Waals surface area contributed by atoms with Crippen molar-refractivity contribution in [3.05, 3.63) is 12.7 Å². The summed E-state index contributed by atoms with van der Waals surface area (Å²) < 4.78 is 53.1. The van der Waals surface area contributed by atoms with E-state index in [0.717, 1.165) is 0 Å². The van der Waals surface area contributed by atoms with Gasteiger partial charge in [-0.1, -0.05) is 6.08 Å². The number of rotatable bonds is 8. The lowest BCUT2D eigenvalue weighted by Gasteiger charge is -2.29. The largest absolute Gasteiger partial charge is 0.382 e. The normalized spacial score (nSPS) is 44.7. The molecule has 166 valence electrons. The van der Waals surface area contributed by atoms with Crippen LogP contribution in [-0.4, -0.2) is 87.7 Å². The van der Waals surface area contributed by atoms with Gasteiger partial charge in [0.05, 0.1) is 19.8 Å². The Morgan fingerprint density at radius 1 is 0.793 bits per heavy atom. The number of fused-ring (bicyclic) bond motifs is 2. The van der Waals surface area contributed by atoms with Gasteiger partial charge in [0.2, 0.25) is 0 Å². The van der Waals surface area contributed by atoms with Crippen molar-refractivity contribution in [3.8, 4) is 0 Å². The molecular weight excluding hydrogens is 384 g/mol. The molecule has 9 heteroatoms. The molecule has 0 aliphatic carbocycles. The van der Waals surface area contributed by atoms with Crippen LogP contribution in [0.1, 0.15) is 27.7 Å². The summed E-state index contributed by atoms with van der Waals surface area (Å²) in [5, 5.41) is 0. The first kappa shape index (κ1) is 21.6. The Kier molecular flexibility index (Phi) is 6.06. The summed E-state index contributed by atoms with van der Waals surface area (Å²) in [4.78, 5) is 0. The molecule has 4 rings (SSSR count). The van der Waals surface area contributed by atoms with E-state index in [1.807, 2.05) is 27.7 Å². The molecule has 0 spiro atoms. The molecule has 9 nitrogen and oxygen atoms in total. The fourth-order valence-electron chi connectivity index (χ4n) is 4.31. The third-order valence-electron chi connectivity index (χ3n) is 5.36. The minimum Gasteiger partial charge on any atom is -0.382 e. The molecule has 0 aromatic carbocycles. The van der Waals surface area contributed by atoms with E-state index in [0.29, 0.717) is 13.2 Å². The standard InChI is InChI=1S/C20H32O9/c1-7-8-22-13-12(25-17-15(13)26-19(2,3)28-17)10-23-14-11(9-21-6)24-18-16(14)27-20(4,5)29-18/h7,11-18H,1,8-10H2,2-6H3/t11-,12-,13+,14+,15-,16-,17-,18-/m1/s1. The Morgan fingerprint density at radius 3 is 1.83 bits per heavy atom. The zero-order valence-electron chi connectivity index (χ0n) is 17.7. The Hall–Kier alpha value is -0.620. The summed E-state index contributed by atoms with van der Waals surface area (Å²) in [7, 11) is 1.62. The summed E-state index contributed by atoms with van der Waals surface area (Å²) in [6.45, 7) is 12.2. The van der Waals surface area contributed by atoms with Crippen LogP contribution in [0.4, 0.5) is 0 Å². The topological polar surface area (TPSA) is 83.1 Å². The Balaban J connectivity index is 1.41. The summed E-state index contributed by atoms with van der Waals surface area (Å²) in [5.74, 6) is -1.44. The van der Waals surface area contributed by atoms with Crippen LogP contribution in [0.15, 0.2) is 12.7 Å². The second-order valence-corrected chi connectivity index (χ2v) is 8.63.